The van der Waals surface area contributed by atoms with E-state index in [1.165, 1.54) is 77.7 Å². The van der Waals surface area contributed by atoms with Crippen LogP contribution in [0.2, 0.25) is 0 Å². The molecule has 0 radical (unpaired) electrons. The van der Waals surface area contributed by atoms with Crippen molar-refractivity contribution in [3.63, 3.8) is 0 Å². The third kappa shape index (κ3) is 9.74. The maximum Gasteiger partial charge on any atom is 0.191 e. The maximum atomic E-state index is 4.75. The van der Waals surface area contributed by atoms with Crippen molar-refractivity contribution in [3.05, 3.63) is 0 Å². The Labute approximate surface area is 178 Å². The average Bonchev–Trinajstić information content (AvgIpc) is 3.15. The van der Waals surface area contributed by atoms with Gasteiger partial charge in [-0.1, -0.05) is 45.4 Å². The fourth-order valence-corrected chi connectivity index (χ4v) is 4.04. The minimum absolute atomic E-state index is 0. The minimum atomic E-state index is 0. The maximum absolute atomic E-state index is 4.75. The third-order valence-electron chi connectivity index (χ3n) is 5.74. The second kappa shape index (κ2) is 14.9. The Morgan fingerprint density at radius 2 is 1.65 bits per heavy atom. The van der Waals surface area contributed by atoms with Gasteiger partial charge in [0.15, 0.2) is 5.96 Å². The van der Waals surface area contributed by atoms with E-state index in [4.69, 9.17) is 4.99 Å². The first-order valence-corrected chi connectivity index (χ1v) is 10.8. The highest BCUT2D eigenvalue weighted by molar-refractivity contribution is 14.0. The minimum Gasteiger partial charge on any atom is -0.357 e. The number of unbranched alkanes of at least 4 members (excludes halogenated alkanes) is 1. The molecule has 5 nitrogen and oxygen atoms in total. The SMILES string of the molecule is CCNC(=NCCCCC1CCCC1)NCCN1CCN(CC)CC1.I. The summed E-state index contributed by atoms with van der Waals surface area (Å²) in [5.41, 5.74) is 0. The van der Waals surface area contributed by atoms with Gasteiger partial charge in [-0.25, -0.2) is 0 Å². The molecular weight excluding hydrogens is 437 g/mol. The Morgan fingerprint density at radius 3 is 2.31 bits per heavy atom. The van der Waals surface area contributed by atoms with Crippen molar-refractivity contribution in [1.29, 1.82) is 0 Å². The molecule has 26 heavy (non-hydrogen) atoms. The van der Waals surface area contributed by atoms with Crippen molar-refractivity contribution >= 4 is 29.9 Å². The quantitative estimate of drug-likeness (QED) is 0.219. The molecule has 0 atom stereocenters. The van der Waals surface area contributed by atoms with Gasteiger partial charge in [0.25, 0.3) is 0 Å². The van der Waals surface area contributed by atoms with Crippen LogP contribution in [-0.2, 0) is 0 Å². The summed E-state index contributed by atoms with van der Waals surface area (Å²) in [5.74, 6) is 2.01. The lowest BCUT2D eigenvalue weighted by Gasteiger charge is -2.34. The molecule has 2 rings (SSSR count). The number of hydrogen-bond donors (Lipinski definition) is 2. The number of likely N-dealkylation sites (N-methyl/N-ethyl adjacent to an activating group) is 1. The highest BCUT2D eigenvalue weighted by Crippen LogP contribution is 2.28. The molecular formula is C20H42IN5. The molecule has 1 heterocycles. The Hall–Kier alpha value is -0.0800. The van der Waals surface area contributed by atoms with Gasteiger partial charge < -0.3 is 15.5 Å². The lowest BCUT2D eigenvalue weighted by molar-refractivity contribution is 0.139. The van der Waals surface area contributed by atoms with Crippen LogP contribution < -0.4 is 10.6 Å². The molecule has 0 aromatic heterocycles. The van der Waals surface area contributed by atoms with Crippen LogP contribution in [0.1, 0.15) is 58.8 Å². The molecule has 6 heteroatoms. The molecule has 1 saturated carbocycles. The molecule has 0 aromatic rings. The van der Waals surface area contributed by atoms with Gasteiger partial charge in [-0.2, -0.15) is 0 Å². The number of rotatable bonds is 10. The van der Waals surface area contributed by atoms with Crippen molar-refractivity contribution in [1.82, 2.24) is 20.4 Å². The molecule has 0 spiro atoms. The topological polar surface area (TPSA) is 42.9 Å². The van der Waals surface area contributed by atoms with E-state index >= 15 is 0 Å². The van der Waals surface area contributed by atoms with Crippen LogP contribution in [0.4, 0.5) is 0 Å². The van der Waals surface area contributed by atoms with Crippen LogP contribution in [0.15, 0.2) is 4.99 Å². The van der Waals surface area contributed by atoms with Crippen LogP contribution in [-0.4, -0.2) is 74.7 Å². The van der Waals surface area contributed by atoms with E-state index in [-0.39, 0.29) is 24.0 Å². The molecule has 154 valence electrons. The first-order valence-electron chi connectivity index (χ1n) is 10.8. The zero-order valence-electron chi connectivity index (χ0n) is 17.1. The van der Waals surface area contributed by atoms with Crippen molar-refractivity contribution in [2.75, 3.05) is 58.9 Å². The van der Waals surface area contributed by atoms with Crippen molar-refractivity contribution in [2.45, 2.75) is 58.8 Å². The van der Waals surface area contributed by atoms with E-state index < -0.39 is 0 Å². The molecule has 1 aliphatic heterocycles. The van der Waals surface area contributed by atoms with Crippen LogP contribution in [0.25, 0.3) is 0 Å². The van der Waals surface area contributed by atoms with Crippen molar-refractivity contribution < 1.29 is 0 Å². The van der Waals surface area contributed by atoms with E-state index in [1.807, 2.05) is 0 Å². The molecule has 0 bridgehead atoms. The number of halogens is 1. The molecule has 0 amide bonds. The third-order valence-corrected chi connectivity index (χ3v) is 5.74. The van der Waals surface area contributed by atoms with Crippen LogP contribution in [0.5, 0.6) is 0 Å². The monoisotopic (exact) mass is 479 g/mol. The van der Waals surface area contributed by atoms with E-state index in [1.54, 1.807) is 0 Å². The first-order chi connectivity index (χ1) is 12.3. The van der Waals surface area contributed by atoms with Gasteiger partial charge in [-0.3, -0.25) is 9.89 Å². The molecule has 1 saturated heterocycles. The van der Waals surface area contributed by atoms with E-state index in [0.29, 0.717) is 0 Å². The van der Waals surface area contributed by atoms with Crippen molar-refractivity contribution in [3.8, 4) is 0 Å². The summed E-state index contributed by atoms with van der Waals surface area (Å²) in [6, 6.07) is 0. The summed E-state index contributed by atoms with van der Waals surface area (Å²) in [6.45, 7) is 14.4. The molecule has 2 N–H and O–H groups in total. The summed E-state index contributed by atoms with van der Waals surface area (Å²) in [6.07, 6.45) is 9.86. The predicted molar refractivity (Wildman–Crippen MR) is 124 cm³/mol. The first kappa shape index (κ1) is 24.0. The van der Waals surface area contributed by atoms with E-state index in [9.17, 15) is 0 Å². The van der Waals surface area contributed by atoms with Crippen molar-refractivity contribution in [2.24, 2.45) is 10.9 Å². The summed E-state index contributed by atoms with van der Waals surface area (Å²) >= 11 is 0. The summed E-state index contributed by atoms with van der Waals surface area (Å²) in [7, 11) is 0. The van der Waals surface area contributed by atoms with Gasteiger partial charge in [0.2, 0.25) is 0 Å². The fourth-order valence-electron chi connectivity index (χ4n) is 4.04. The van der Waals surface area contributed by atoms with Gasteiger partial charge >= 0.3 is 0 Å². The van der Waals surface area contributed by atoms with Gasteiger partial charge in [0.05, 0.1) is 0 Å². The van der Waals surface area contributed by atoms with Gasteiger partial charge in [-0.15, -0.1) is 24.0 Å². The standard InChI is InChI=1S/C20H41N5.HI/c1-3-21-20(22-12-8-7-11-19-9-5-6-10-19)23-13-14-25-17-15-24(4-2)16-18-25;/h19H,3-18H2,1-2H3,(H2,21,22,23);1H. The van der Waals surface area contributed by atoms with Crippen LogP contribution in [0.3, 0.4) is 0 Å². The molecule has 1 aliphatic carbocycles. The Balaban J connectivity index is 0.00000338. The molecule has 0 aromatic carbocycles. The van der Waals surface area contributed by atoms with Gasteiger partial charge in [0, 0.05) is 52.4 Å². The summed E-state index contributed by atoms with van der Waals surface area (Å²) in [5, 5.41) is 6.89. The fraction of sp³-hybridized carbons (Fsp3) is 0.950. The van der Waals surface area contributed by atoms with Crippen LogP contribution >= 0.6 is 24.0 Å². The second-order valence-electron chi connectivity index (χ2n) is 7.61. The molecule has 0 unspecified atom stereocenters. The zero-order chi connectivity index (χ0) is 17.7. The number of piperazine rings is 1. The smallest absolute Gasteiger partial charge is 0.191 e. The zero-order valence-corrected chi connectivity index (χ0v) is 19.5. The average molecular weight is 479 g/mol. The Kier molecular flexibility index (Phi) is 13.7. The number of nitrogens with one attached hydrogen (secondary N) is 2. The van der Waals surface area contributed by atoms with Crippen LogP contribution in [0, 0.1) is 5.92 Å². The summed E-state index contributed by atoms with van der Waals surface area (Å²) < 4.78 is 0. The largest absolute Gasteiger partial charge is 0.357 e. The lowest BCUT2D eigenvalue weighted by atomic mass is 10.0. The highest BCUT2D eigenvalue weighted by atomic mass is 127. The lowest BCUT2D eigenvalue weighted by Crippen LogP contribution is -2.49. The highest BCUT2D eigenvalue weighted by Gasteiger charge is 2.15. The second-order valence-corrected chi connectivity index (χ2v) is 7.61. The normalized spacial score (nSPS) is 20.2. The Morgan fingerprint density at radius 1 is 0.962 bits per heavy atom. The van der Waals surface area contributed by atoms with Gasteiger partial charge in [0.1, 0.15) is 0 Å². The Bertz CT molecular complexity index is 363. The number of guanidine groups is 1. The number of nitrogens with zero attached hydrogens (tertiary/aromatic N) is 3. The van der Waals surface area contributed by atoms with E-state index in [0.717, 1.165) is 38.1 Å². The number of aliphatic imine (C=N–C) groups is 1. The summed E-state index contributed by atoms with van der Waals surface area (Å²) in [4.78, 5) is 9.84. The van der Waals surface area contributed by atoms with Gasteiger partial charge in [-0.05, 0) is 25.8 Å². The molecule has 2 aliphatic rings. The van der Waals surface area contributed by atoms with E-state index in [2.05, 4.69) is 34.3 Å². The number of hydrogen-bond acceptors (Lipinski definition) is 3. The molecule has 2 fully saturated rings. The predicted octanol–water partition coefficient (Wildman–Crippen LogP) is 3.16.